The second-order valence-corrected chi connectivity index (χ2v) is 7.41. The molecule has 3 aromatic rings. The number of likely N-dealkylation sites (N-methyl/N-ethyl adjacent to an activating group) is 1. The zero-order valence-electron chi connectivity index (χ0n) is 16.2. The van der Waals surface area contributed by atoms with Crippen molar-refractivity contribution in [3.05, 3.63) is 76.5 Å². The first-order valence-electron chi connectivity index (χ1n) is 9.20. The molecule has 7 heteroatoms. The Labute approximate surface area is 172 Å². The van der Waals surface area contributed by atoms with Gasteiger partial charge in [-0.2, -0.15) is 0 Å². The van der Waals surface area contributed by atoms with Crippen molar-refractivity contribution in [1.29, 1.82) is 0 Å². The van der Waals surface area contributed by atoms with Gasteiger partial charge < -0.3 is 9.64 Å². The van der Waals surface area contributed by atoms with Gasteiger partial charge in [0.15, 0.2) is 6.61 Å². The molecule has 5 nitrogen and oxygen atoms in total. The maximum atomic E-state index is 13.1. The van der Waals surface area contributed by atoms with E-state index in [1.807, 2.05) is 37.3 Å². The average Bonchev–Trinajstić information content (AvgIpc) is 3.13. The molecule has 1 heterocycles. The van der Waals surface area contributed by atoms with Crippen molar-refractivity contribution in [3.63, 3.8) is 0 Å². The topological polar surface area (TPSA) is 59.5 Å². The lowest BCUT2D eigenvalue weighted by atomic mass is 10.2. The number of aryl methyl sites for hydroxylation is 1. The summed E-state index contributed by atoms with van der Waals surface area (Å²) in [4.78, 5) is 31.2. The lowest BCUT2D eigenvalue weighted by Crippen LogP contribution is -2.34. The molecule has 0 aliphatic rings. The Hall–Kier alpha value is -3.06. The van der Waals surface area contributed by atoms with E-state index in [0.29, 0.717) is 28.7 Å². The van der Waals surface area contributed by atoms with E-state index in [2.05, 4.69) is 4.98 Å². The number of ether oxygens (including phenoxy) is 1. The summed E-state index contributed by atoms with van der Waals surface area (Å²) in [7, 11) is 0. The minimum atomic E-state index is -0.586. The molecule has 1 amide bonds. The Kier molecular flexibility index (Phi) is 6.72. The summed E-state index contributed by atoms with van der Waals surface area (Å²) >= 11 is 1.16. The first-order valence-corrected chi connectivity index (χ1v) is 10.0. The highest BCUT2D eigenvalue weighted by molar-refractivity contribution is 7.17. The number of hydrogen-bond acceptors (Lipinski definition) is 5. The fourth-order valence-corrected chi connectivity index (χ4v) is 3.73. The van der Waals surface area contributed by atoms with Gasteiger partial charge >= 0.3 is 5.97 Å². The van der Waals surface area contributed by atoms with E-state index in [9.17, 15) is 14.0 Å². The third-order valence-corrected chi connectivity index (χ3v) is 5.54. The van der Waals surface area contributed by atoms with Gasteiger partial charge in [0, 0.05) is 18.7 Å². The van der Waals surface area contributed by atoms with Crippen molar-refractivity contribution in [2.45, 2.75) is 20.4 Å². The number of nitrogens with zero attached hydrogens (tertiary/aromatic N) is 2. The Balaban J connectivity index is 1.62. The molecule has 3 rings (SSSR count). The van der Waals surface area contributed by atoms with Gasteiger partial charge in [-0.25, -0.2) is 14.2 Å². The predicted molar refractivity (Wildman–Crippen MR) is 110 cm³/mol. The number of carbonyl (C=O) groups excluding carboxylic acids is 2. The molecule has 0 fully saturated rings. The monoisotopic (exact) mass is 412 g/mol. The molecule has 0 atom stereocenters. The molecule has 0 bridgehead atoms. The minimum absolute atomic E-state index is 0.259. The van der Waals surface area contributed by atoms with Crippen LogP contribution in [0.25, 0.3) is 10.6 Å². The normalized spacial score (nSPS) is 10.6. The molecule has 0 N–H and O–H groups in total. The van der Waals surface area contributed by atoms with Gasteiger partial charge in [0.25, 0.3) is 5.91 Å². The molecule has 0 aliphatic carbocycles. The number of benzene rings is 2. The predicted octanol–water partition coefficient (Wildman–Crippen LogP) is 4.46. The maximum absolute atomic E-state index is 13.1. The third-order valence-electron chi connectivity index (χ3n) is 4.35. The number of carbonyl (C=O) groups is 2. The molecule has 1 aromatic heterocycles. The van der Waals surface area contributed by atoms with Crippen LogP contribution in [-0.2, 0) is 16.1 Å². The summed E-state index contributed by atoms with van der Waals surface area (Å²) in [6.45, 7) is 4.23. The maximum Gasteiger partial charge on any atom is 0.350 e. The van der Waals surface area contributed by atoms with Crippen molar-refractivity contribution >= 4 is 23.2 Å². The van der Waals surface area contributed by atoms with Crippen LogP contribution in [0.1, 0.15) is 27.9 Å². The quantitative estimate of drug-likeness (QED) is 0.538. The minimum Gasteiger partial charge on any atom is -0.451 e. The number of hydrogen-bond donors (Lipinski definition) is 0. The summed E-state index contributed by atoms with van der Waals surface area (Å²) in [5.41, 5.74) is 2.24. The summed E-state index contributed by atoms with van der Waals surface area (Å²) in [6, 6.07) is 15.5. The van der Waals surface area contributed by atoms with E-state index in [-0.39, 0.29) is 18.3 Å². The molecule has 0 spiro atoms. The summed E-state index contributed by atoms with van der Waals surface area (Å²) in [5, 5.41) is 0.597. The Morgan fingerprint density at radius 3 is 2.45 bits per heavy atom. The molecule has 150 valence electrons. The van der Waals surface area contributed by atoms with Crippen LogP contribution >= 0.6 is 11.3 Å². The van der Waals surface area contributed by atoms with E-state index >= 15 is 0 Å². The van der Waals surface area contributed by atoms with Crippen LogP contribution in [0, 0.1) is 12.7 Å². The van der Waals surface area contributed by atoms with Gasteiger partial charge in [-0.1, -0.05) is 30.3 Å². The van der Waals surface area contributed by atoms with Crippen LogP contribution < -0.4 is 0 Å². The molecular formula is C22H21FN2O3S. The SMILES string of the molecule is CCN(Cc1ccccc1)C(=O)COC(=O)c1sc(-c2ccc(F)cc2)nc1C. The smallest absolute Gasteiger partial charge is 0.350 e. The molecule has 0 aliphatic heterocycles. The van der Waals surface area contributed by atoms with Crippen LogP contribution in [0.15, 0.2) is 54.6 Å². The van der Waals surface area contributed by atoms with E-state index in [1.54, 1.807) is 24.0 Å². The zero-order chi connectivity index (χ0) is 20.8. The third kappa shape index (κ3) is 5.26. The van der Waals surface area contributed by atoms with Crippen molar-refractivity contribution < 1.29 is 18.7 Å². The van der Waals surface area contributed by atoms with Gasteiger partial charge in [0.2, 0.25) is 0 Å². The number of amides is 1. The van der Waals surface area contributed by atoms with Gasteiger partial charge in [-0.15, -0.1) is 11.3 Å². The fraction of sp³-hybridized carbons (Fsp3) is 0.227. The molecule has 2 aromatic carbocycles. The highest BCUT2D eigenvalue weighted by atomic mass is 32.1. The fourth-order valence-electron chi connectivity index (χ4n) is 2.77. The van der Waals surface area contributed by atoms with Crippen LogP contribution in [0.2, 0.25) is 0 Å². The Morgan fingerprint density at radius 2 is 1.79 bits per heavy atom. The van der Waals surface area contributed by atoms with Crippen LogP contribution in [-0.4, -0.2) is 34.9 Å². The standard InChI is InChI=1S/C22H21FN2O3S/c1-3-25(13-16-7-5-4-6-8-16)19(26)14-28-22(27)20-15(2)24-21(29-20)17-9-11-18(23)12-10-17/h4-12H,3,13-14H2,1-2H3. The molecule has 0 saturated heterocycles. The van der Waals surface area contributed by atoms with Crippen molar-refractivity contribution in [3.8, 4) is 10.6 Å². The van der Waals surface area contributed by atoms with Gasteiger partial charge in [0.05, 0.1) is 5.69 Å². The first kappa shape index (κ1) is 20.7. The van der Waals surface area contributed by atoms with Crippen molar-refractivity contribution in [1.82, 2.24) is 9.88 Å². The average molecular weight is 412 g/mol. The zero-order valence-corrected chi connectivity index (χ0v) is 17.0. The first-order chi connectivity index (χ1) is 14.0. The van der Waals surface area contributed by atoms with E-state index in [0.717, 1.165) is 22.5 Å². The number of rotatable bonds is 7. The van der Waals surface area contributed by atoms with Crippen LogP contribution in [0.4, 0.5) is 4.39 Å². The van der Waals surface area contributed by atoms with Gasteiger partial charge in [-0.05, 0) is 43.7 Å². The molecule has 0 radical (unpaired) electrons. The highest BCUT2D eigenvalue weighted by Crippen LogP contribution is 2.28. The Morgan fingerprint density at radius 1 is 1.10 bits per heavy atom. The van der Waals surface area contributed by atoms with E-state index < -0.39 is 5.97 Å². The van der Waals surface area contributed by atoms with Crippen LogP contribution in [0.5, 0.6) is 0 Å². The molecule has 0 saturated carbocycles. The second kappa shape index (κ2) is 9.43. The van der Waals surface area contributed by atoms with E-state index in [1.165, 1.54) is 12.1 Å². The highest BCUT2D eigenvalue weighted by Gasteiger charge is 2.20. The largest absolute Gasteiger partial charge is 0.451 e. The van der Waals surface area contributed by atoms with Gasteiger partial charge in [0.1, 0.15) is 15.7 Å². The van der Waals surface area contributed by atoms with Crippen molar-refractivity contribution in [2.24, 2.45) is 0 Å². The Bertz CT molecular complexity index is 987. The number of thiazole rings is 1. The molecule has 0 unspecified atom stereocenters. The molecular weight excluding hydrogens is 391 g/mol. The summed E-state index contributed by atoms with van der Waals surface area (Å²) in [5.74, 6) is -1.18. The van der Waals surface area contributed by atoms with E-state index in [4.69, 9.17) is 4.74 Å². The second-order valence-electron chi connectivity index (χ2n) is 6.41. The summed E-state index contributed by atoms with van der Waals surface area (Å²) < 4.78 is 18.3. The van der Waals surface area contributed by atoms with Gasteiger partial charge in [-0.3, -0.25) is 4.79 Å². The lowest BCUT2D eigenvalue weighted by Gasteiger charge is -2.20. The number of halogens is 1. The molecule has 29 heavy (non-hydrogen) atoms. The summed E-state index contributed by atoms with van der Waals surface area (Å²) in [6.07, 6.45) is 0. The number of aromatic nitrogens is 1. The van der Waals surface area contributed by atoms with Crippen molar-refractivity contribution in [2.75, 3.05) is 13.2 Å². The lowest BCUT2D eigenvalue weighted by molar-refractivity contribution is -0.134. The van der Waals surface area contributed by atoms with Crippen LogP contribution in [0.3, 0.4) is 0 Å². The number of esters is 1.